The van der Waals surface area contributed by atoms with Gasteiger partial charge in [0, 0.05) is 30.1 Å². The van der Waals surface area contributed by atoms with Crippen molar-refractivity contribution in [2.75, 3.05) is 7.11 Å². The summed E-state index contributed by atoms with van der Waals surface area (Å²) in [5.74, 6) is -0.0786. The number of nitrogens with zero attached hydrogens (tertiary/aromatic N) is 1. The minimum Gasteiger partial charge on any atom is -0.497 e. The molecule has 142 valence electrons. The second-order valence-corrected chi connectivity index (χ2v) is 6.01. The van der Waals surface area contributed by atoms with Gasteiger partial charge in [-0.3, -0.25) is 19.8 Å². The molecule has 7 nitrogen and oxygen atoms in total. The minimum atomic E-state index is -0.586. The molecule has 3 N–H and O–H groups in total. The Hall–Kier alpha value is -3.71. The molecule has 0 fully saturated rings. The van der Waals surface area contributed by atoms with Gasteiger partial charge in [0.25, 0.3) is 11.8 Å². The van der Waals surface area contributed by atoms with Gasteiger partial charge in [-0.15, -0.1) is 0 Å². The first-order valence-corrected chi connectivity index (χ1v) is 8.52. The van der Waals surface area contributed by atoms with Crippen molar-refractivity contribution in [2.45, 2.75) is 6.54 Å². The summed E-state index contributed by atoms with van der Waals surface area (Å²) in [5.41, 5.74) is 4.93. The maximum absolute atomic E-state index is 12.5. The van der Waals surface area contributed by atoms with E-state index in [0.717, 1.165) is 22.4 Å². The summed E-state index contributed by atoms with van der Waals surface area (Å²) < 4.78 is 5.15. The van der Waals surface area contributed by atoms with Crippen molar-refractivity contribution in [3.05, 3.63) is 83.7 Å². The van der Waals surface area contributed by atoms with Crippen LogP contribution >= 0.6 is 0 Å². The van der Waals surface area contributed by atoms with Crippen LogP contribution < -0.4 is 15.5 Å². The highest BCUT2D eigenvalue weighted by molar-refractivity contribution is 5.95. The lowest BCUT2D eigenvalue weighted by Gasteiger charge is -2.08. The Morgan fingerprint density at radius 3 is 2.29 bits per heavy atom. The zero-order valence-corrected chi connectivity index (χ0v) is 15.2. The molecule has 0 atom stereocenters. The molecule has 0 unspecified atom stereocenters. The topological polar surface area (TPSA) is 101 Å². The van der Waals surface area contributed by atoms with E-state index >= 15 is 0 Å². The quantitative estimate of drug-likeness (QED) is 0.453. The van der Waals surface area contributed by atoms with Crippen molar-refractivity contribution in [2.24, 2.45) is 0 Å². The average molecular weight is 377 g/mol. The van der Waals surface area contributed by atoms with Crippen LogP contribution in [0.5, 0.6) is 5.75 Å². The number of carbonyl (C=O) groups is 2. The lowest BCUT2D eigenvalue weighted by molar-refractivity contribution is 0.0706. The highest BCUT2D eigenvalue weighted by Gasteiger charge is 2.09. The Labute approximate surface area is 162 Å². The number of hydrogen-bond donors (Lipinski definition) is 3. The number of aromatic nitrogens is 1. The molecule has 3 aromatic rings. The lowest BCUT2D eigenvalue weighted by atomic mass is 10.1. The van der Waals surface area contributed by atoms with Gasteiger partial charge in [0.15, 0.2) is 0 Å². The van der Waals surface area contributed by atoms with E-state index in [9.17, 15) is 9.59 Å². The van der Waals surface area contributed by atoms with Crippen molar-refractivity contribution in [3.8, 4) is 16.9 Å². The van der Waals surface area contributed by atoms with Crippen LogP contribution in [0.2, 0.25) is 0 Å². The molecule has 0 aliphatic heterocycles. The third-order valence-corrected chi connectivity index (χ3v) is 4.19. The molecule has 2 aromatic carbocycles. The summed E-state index contributed by atoms with van der Waals surface area (Å²) >= 11 is 0. The number of nitrogens with one attached hydrogen (secondary N) is 2. The molecule has 0 saturated heterocycles. The van der Waals surface area contributed by atoms with Gasteiger partial charge in [0.1, 0.15) is 5.75 Å². The molecule has 0 aliphatic carbocycles. The zero-order valence-electron chi connectivity index (χ0n) is 15.2. The molecule has 28 heavy (non-hydrogen) atoms. The van der Waals surface area contributed by atoms with Gasteiger partial charge < -0.3 is 10.1 Å². The number of hydroxylamine groups is 1. The Bertz CT molecular complexity index is 970. The number of amides is 2. The summed E-state index contributed by atoms with van der Waals surface area (Å²) in [6.07, 6.45) is 3.21. The van der Waals surface area contributed by atoms with E-state index in [0.29, 0.717) is 17.7 Å². The Balaban J connectivity index is 1.66. The number of carbonyl (C=O) groups excluding carboxylic acids is 2. The van der Waals surface area contributed by atoms with Gasteiger partial charge in [-0.05, 0) is 41.5 Å². The molecule has 1 heterocycles. The van der Waals surface area contributed by atoms with Gasteiger partial charge >= 0.3 is 0 Å². The highest BCUT2D eigenvalue weighted by atomic mass is 16.5. The molecule has 0 bridgehead atoms. The monoisotopic (exact) mass is 377 g/mol. The van der Waals surface area contributed by atoms with E-state index in [1.807, 2.05) is 24.3 Å². The molecular formula is C21H19N3O4. The van der Waals surface area contributed by atoms with E-state index in [1.165, 1.54) is 6.20 Å². The second-order valence-electron chi connectivity index (χ2n) is 6.01. The maximum atomic E-state index is 12.5. The Kier molecular flexibility index (Phi) is 5.98. The number of ether oxygens (including phenoxy) is 1. The molecule has 7 heteroatoms. The van der Waals surface area contributed by atoms with Crippen molar-refractivity contribution in [3.63, 3.8) is 0 Å². The number of methoxy groups -OCH3 is 1. The first-order valence-electron chi connectivity index (χ1n) is 8.52. The highest BCUT2D eigenvalue weighted by Crippen LogP contribution is 2.22. The van der Waals surface area contributed by atoms with Crippen LogP contribution in [0.3, 0.4) is 0 Å². The molecule has 0 radical (unpaired) electrons. The van der Waals surface area contributed by atoms with Crippen LogP contribution in [0.1, 0.15) is 26.3 Å². The third kappa shape index (κ3) is 4.52. The largest absolute Gasteiger partial charge is 0.497 e. The number of pyridine rings is 1. The van der Waals surface area contributed by atoms with Crippen LogP contribution in [0.25, 0.3) is 11.1 Å². The standard InChI is InChI=1S/C21H19N3O4/c1-28-19-8-6-15(7-9-19)17-10-18(13-22-12-17)20(25)23-11-14-2-4-16(5-3-14)21(26)24-27/h2-10,12-13,27H,11H2,1H3,(H,23,25)(H,24,26). The van der Waals surface area contributed by atoms with Gasteiger partial charge in [-0.2, -0.15) is 0 Å². The molecular weight excluding hydrogens is 358 g/mol. The Morgan fingerprint density at radius 1 is 0.929 bits per heavy atom. The first kappa shape index (κ1) is 19.1. The summed E-state index contributed by atoms with van der Waals surface area (Å²) in [6, 6.07) is 15.8. The van der Waals surface area contributed by atoms with Crippen LogP contribution in [0.4, 0.5) is 0 Å². The van der Waals surface area contributed by atoms with Gasteiger partial charge in [-0.25, -0.2) is 5.48 Å². The van der Waals surface area contributed by atoms with Crippen molar-refractivity contribution in [1.29, 1.82) is 0 Å². The molecule has 3 rings (SSSR count). The number of benzene rings is 2. The van der Waals surface area contributed by atoms with Gasteiger partial charge in [0.05, 0.1) is 12.7 Å². The van der Waals surface area contributed by atoms with Crippen LogP contribution in [0.15, 0.2) is 67.0 Å². The van der Waals surface area contributed by atoms with Crippen LogP contribution in [0, 0.1) is 0 Å². The van der Waals surface area contributed by atoms with E-state index in [-0.39, 0.29) is 5.91 Å². The number of rotatable bonds is 6. The first-order chi connectivity index (χ1) is 13.6. The molecule has 0 spiro atoms. The van der Waals surface area contributed by atoms with Gasteiger partial charge in [-0.1, -0.05) is 24.3 Å². The SMILES string of the molecule is COc1ccc(-c2cncc(C(=O)NCc3ccc(C(=O)NO)cc3)c2)cc1. The fraction of sp³-hybridized carbons (Fsp3) is 0.0952. The fourth-order valence-corrected chi connectivity index (χ4v) is 2.63. The van der Waals surface area contributed by atoms with Crippen LogP contribution in [-0.4, -0.2) is 29.1 Å². The molecule has 2 amide bonds. The minimum absolute atomic E-state index is 0.250. The van der Waals surface area contributed by atoms with Crippen molar-refractivity contribution >= 4 is 11.8 Å². The summed E-state index contributed by atoms with van der Waals surface area (Å²) in [7, 11) is 1.61. The average Bonchev–Trinajstić information content (AvgIpc) is 2.77. The van der Waals surface area contributed by atoms with Crippen molar-refractivity contribution in [1.82, 2.24) is 15.8 Å². The van der Waals surface area contributed by atoms with E-state index < -0.39 is 5.91 Å². The van der Waals surface area contributed by atoms with E-state index in [2.05, 4.69) is 10.3 Å². The third-order valence-electron chi connectivity index (χ3n) is 4.19. The predicted octanol–water partition coefficient (Wildman–Crippen LogP) is 2.81. The smallest absolute Gasteiger partial charge is 0.274 e. The summed E-state index contributed by atoms with van der Waals surface area (Å²) in [4.78, 5) is 27.9. The van der Waals surface area contributed by atoms with E-state index in [1.54, 1.807) is 49.1 Å². The van der Waals surface area contributed by atoms with Crippen LogP contribution in [-0.2, 0) is 6.54 Å². The summed E-state index contributed by atoms with van der Waals surface area (Å²) in [6.45, 7) is 0.298. The molecule has 0 saturated carbocycles. The predicted molar refractivity (Wildman–Crippen MR) is 103 cm³/mol. The maximum Gasteiger partial charge on any atom is 0.274 e. The molecule has 0 aliphatic rings. The number of hydrogen-bond acceptors (Lipinski definition) is 5. The van der Waals surface area contributed by atoms with E-state index in [4.69, 9.17) is 9.94 Å². The normalized spacial score (nSPS) is 10.2. The second kappa shape index (κ2) is 8.79. The zero-order chi connectivity index (χ0) is 19.9. The summed E-state index contributed by atoms with van der Waals surface area (Å²) in [5, 5.41) is 11.4. The molecule has 1 aromatic heterocycles. The lowest BCUT2D eigenvalue weighted by Crippen LogP contribution is -2.23. The fourth-order valence-electron chi connectivity index (χ4n) is 2.63. The van der Waals surface area contributed by atoms with Crippen molar-refractivity contribution < 1.29 is 19.5 Å². The van der Waals surface area contributed by atoms with Gasteiger partial charge in [0.2, 0.25) is 0 Å². The Morgan fingerprint density at radius 2 is 1.64 bits per heavy atom.